The summed E-state index contributed by atoms with van der Waals surface area (Å²) in [7, 11) is 0. The molecule has 0 radical (unpaired) electrons. The van der Waals surface area contributed by atoms with Crippen LogP contribution in [0, 0.1) is 11.6 Å². The Balaban J connectivity index is 2.21. The largest absolute Gasteiger partial charge is 0.324 e. The normalized spacial score (nSPS) is 12.4. The fourth-order valence-electron chi connectivity index (χ4n) is 1.69. The van der Waals surface area contributed by atoms with E-state index in [4.69, 9.17) is 17.3 Å². The van der Waals surface area contributed by atoms with Crippen LogP contribution in [-0.2, 0) is 6.42 Å². The second kappa shape index (κ2) is 5.42. The van der Waals surface area contributed by atoms with Gasteiger partial charge in [-0.25, -0.2) is 8.78 Å². The molecule has 94 valence electrons. The van der Waals surface area contributed by atoms with Gasteiger partial charge in [0.2, 0.25) is 0 Å². The van der Waals surface area contributed by atoms with E-state index < -0.39 is 11.9 Å². The van der Waals surface area contributed by atoms with Crippen LogP contribution in [0.15, 0.2) is 36.7 Å². The van der Waals surface area contributed by atoms with Gasteiger partial charge in [0.05, 0.1) is 6.20 Å². The smallest absolute Gasteiger partial charge is 0.141 e. The third-order valence-corrected chi connectivity index (χ3v) is 2.84. The first kappa shape index (κ1) is 12.9. The minimum Gasteiger partial charge on any atom is -0.324 e. The zero-order valence-corrected chi connectivity index (χ0v) is 10.2. The molecule has 0 saturated heterocycles. The van der Waals surface area contributed by atoms with Crippen molar-refractivity contribution >= 4 is 11.6 Å². The lowest BCUT2D eigenvalue weighted by molar-refractivity contribution is 0.587. The van der Waals surface area contributed by atoms with E-state index in [-0.39, 0.29) is 12.2 Å². The molecule has 1 aromatic heterocycles. The summed E-state index contributed by atoms with van der Waals surface area (Å²) in [5.41, 5.74) is 6.82. The Morgan fingerprint density at radius 1 is 1.22 bits per heavy atom. The number of pyridine rings is 1. The lowest BCUT2D eigenvalue weighted by Crippen LogP contribution is -2.14. The third kappa shape index (κ3) is 3.03. The molecule has 0 aliphatic carbocycles. The monoisotopic (exact) mass is 268 g/mol. The quantitative estimate of drug-likeness (QED) is 0.928. The molecule has 2 nitrogen and oxygen atoms in total. The summed E-state index contributed by atoms with van der Waals surface area (Å²) in [6.07, 6.45) is 2.80. The van der Waals surface area contributed by atoms with Crippen molar-refractivity contribution < 1.29 is 8.78 Å². The summed E-state index contributed by atoms with van der Waals surface area (Å²) in [4.78, 5) is 3.71. The lowest BCUT2D eigenvalue weighted by atomic mass is 10.0. The van der Waals surface area contributed by atoms with E-state index in [9.17, 15) is 8.78 Å². The number of rotatable bonds is 3. The van der Waals surface area contributed by atoms with Crippen LogP contribution >= 0.6 is 11.6 Å². The minimum atomic E-state index is -0.527. The maximum atomic E-state index is 13.5. The topological polar surface area (TPSA) is 38.9 Å². The van der Waals surface area contributed by atoms with Crippen molar-refractivity contribution in [3.63, 3.8) is 0 Å². The molecule has 2 rings (SSSR count). The Bertz CT molecular complexity index is 560. The van der Waals surface area contributed by atoms with E-state index in [1.807, 2.05) is 0 Å². The number of nitrogens with two attached hydrogens (primary N) is 1. The van der Waals surface area contributed by atoms with Crippen molar-refractivity contribution in [2.45, 2.75) is 12.5 Å². The Morgan fingerprint density at radius 2 is 2.00 bits per heavy atom. The maximum absolute atomic E-state index is 13.5. The molecule has 0 aliphatic rings. The third-order valence-electron chi connectivity index (χ3n) is 2.60. The molecular formula is C13H11ClF2N2. The Morgan fingerprint density at radius 3 is 2.72 bits per heavy atom. The zero-order chi connectivity index (χ0) is 13.1. The predicted molar refractivity (Wildman–Crippen MR) is 66.2 cm³/mol. The molecule has 0 fully saturated rings. The average Bonchev–Trinajstić information content (AvgIpc) is 2.34. The molecule has 18 heavy (non-hydrogen) atoms. The summed E-state index contributed by atoms with van der Waals surface area (Å²) in [5.74, 6) is -0.839. The highest BCUT2D eigenvalue weighted by atomic mass is 35.5. The summed E-state index contributed by atoms with van der Waals surface area (Å²) in [5, 5.41) is 0.441. The van der Waals surface area contributed by atoms with Crippen molar-refractivity contribution in [3.05, 3.63) is 64.4 Å². The number of halogens is 3. The molecule has 0 bridgehead atoms. The van der Waals surface area contributed by atoms with Gasteiger partial charge < -0.3 is 5.73 Å². The first-order valence-electron chi connectivity index (χ1n) is 5.36. The summed E-state index contributed by atoms with van der Waals surface area (Å²) < 4.78 is 26.5. The highest BCUT2D eigenvalue weighted by Gasteiger charge is 2.12. The van der Waals surface area contributed by atoms with E-state index in [2.05, 4.69) is 4.98 Å². The van der Waals surface area contributed by atoms with Crippen LogP contribution in [0.1, 0.15) is 17.2 Å². The van der Waals surface area contributed by atoms with Crippen LogP contribution in [0.4, 0.5) is 8.78 Å². The van der Waals surface area contributed by atoms with Crippen molar-refractivity contribution in [2.75, 3.05) is 0 Å². The maximum Gasteiger partial charge on any atom is 0.141 e. The van der Waals surface area contributed by atoms with E-state index in [0.717, 1.165) is 6.20 Å². The Kier molecular flexibility index (Phi) is 3.89. The standard InChI is InChI=1S/C13H11ClF2N2/c14-10-1-2-12(16)8(3-10)5-13(17)9-4-11(15)7-18-6-9/h1-4,6-7,13H,5,17H2. The van der Waals surface area contributed by atoms with Gasteiger partial charge in [0.1, 0.15) is 11.6 Å². The van der Waals surface area contributed by atoms with Crippen LogP contribution < -0.4 is 5.73 Å². The van der Waals surface area contributed by atoms with Gasteiger partial charge in [0.15, 0.2) is 0 Å². The van der Waals surface area contributed by atoms with Gasteiger partial charge in [-0.15, -0.1) is 0 Å². The summed E-state index contributed by atoms with van der Waals surface area (Å²) in [6.45, 7) is 0. The number of nitrogens with zero attached hydrogens (tertiary/aromatic N) is 1. The zero-order valence-electron chi connectivity index (χ0n) is 9.41. The number of benzene rings is 1. The van der Waals surface area contributed by atoms with Gasteiger partial charge in [-0.1, -0.05) is 11.6 Å². The lowest BCUT2D eigenvalue weighted by Gasteiger charge is -2.12. The molecule has 1 aromatic carbocycles. The molecule has 2 aromatic rings. The molecule has 2 N–H and O–H groups in total. The van der Waals surface area contributed by atoms with Crippen LogP contribution in [0.3, 0.4) is 0 Å². The van der Waals surface area contributed by atoms with Gasteiger partial charge in [0, 0.05) is 17.3 Å². The number of hydrogen-bond acceptors (Lipinski definition) is 2. The van der Waals surface area contributed by atoms with Crippen LogP contribution in [0.2, 0.25) is 5.02 Å². The van der Waals surface area contributed by atoms with Crippen LogP contribution in [0.25, 0.3) is 0 Å². The second-order valence-electron chi connectivity index (χ2n) is 3.98. The predicted octanol–water partition coefficient (Wildman–Crippen LogP) is 3.26. The molecule has 1 heterocycles. The summed E-state index contributed by atoms with van der Waals surface area (Å²) >= 11 is 5.79. The summed E-state index contributed by atoms with van der Waals surface area (Å²) in [6, 6.07) is 5.04. The molecule has 1 atom stereocenters. The molecule has 0 spiro atoms. The van der Waals surface area contributed by atoms with Crippen molar-refractivity contribution in [1.82, 2.24) is 4.98 Å². The van der Waals surface area contributed by atoms with Gasteiger partial charge in [-0.3, -0.25) is 4.98 Å². The van der Waals surface area contributed by atoms with Crippen molar-refractivity contribution in [3.8, 4) is 0 Å². The second-order valence-corrected chi connectivity index (χ2v) is 4.42. The van der Waals surface area contributed by atoms with Crippen LogP contribution in [-0.4, -0.2) is 4.98 Å². The fourth-order valence-corrected chi connectivity index (χ4v) is 1.88. The highest BCUT2D eigenvalue weighted by molar-refractivity contribution is 6.30. The minimum absolute atomic E-state index is 0.234. The van der Waals surface area contributed by atoms with Gasteiger partial charge in [0.25, 0.3) is 0 Å². The molecule has 5 heteroatoms. The molecule has 0 saturated carbocycles. The molecular weight excluding hydrogens is 258 g/mol. The van der Waals surface area contributed by atoms with Crippen molar-refractivity contribution in [2.24, 2.45) is 5.73 Å². The van der Waals surface area contributed by atoms with Crippen molar-refractivity contribution in [1.29, 1.82) is 0 Å². The Labute approximate surface area is 108 Å². The van der Waals surface area contributed by atoms with E-state index >= 15 is 0 Å². The number of aromatic nitrogens is 1. The SMILES string of the molecule is NC(Cc1cc(Cl)ccc1F)c1cncc(F)c1. The van der Waals surface area contributed by atoms with E-state index in [1.165, 1.54) is 30.5 Å². The average molecular weight is 269 g/mol. The van der Waals surface area contributed by atoms with E-state index in [1.54, 1.807) is 0 Å². The fraction of sp³-hybridized carbons (Fsp3) is 0.154. The first-order chi connectivity index (χ1) is 8.56. The highest BCUT2D eigenvalue weighted by Crippen LogP contribution is 2.21. The van der Waals surface area contributed by atoms with Gasteiger partial charge in [-0.2, -0.15) is 0 Å². The first-order valence-corrected chi connectivity index (χ1v) is 5.74. The number of hydrogen-bond donors (Lipinski definition) is 1. The van der Waals surface area contributed by atoms with Gasteiger partial charge in [-0.05, 0) is 41.8 Å². The molecule has 1 unspecified atom stereocenters. The Hall–Kier alpha value is -1.52. The molecule has 0 aliphatic heterocycles. The van der Waals surface area contributed by atoms with Crippen LogP contribution in [0.5, 0.6) is 0 Å². The molecule has 0 amide bonds. The van der Waals surface area contributed by atoms with E-state index in [0.29, 0.717) is 16.1 Å². The van der Waals surface area contributed by atoms with Gasteiger partial charge >= 0.3 is 0 Å².